The van der Waals surface area contributed by atoms with Crippen molar-refractivity contribution in [2.75, 3.05) is 0 Å². The Bertz CT molecular complexity index is 663. The van der Waals surface area contributed by atoms with Crippen LogP contribution in [0.4, 0.5) is 0 Å². The summed E-state index contributed by atoms with van der Waals surface area (Å²) in [5.74, 6) is 0. The predicted octanol–water partition coefficient (Wildman–Crippen LogP) is 5.59. The normalized spacial score (nSPS) is 10.9. The minimum atomic E-state index is 1.23. The minimum absolute atomic E-state index is 1.23. The summed E-state index contributed by atoms with van der Waals surface area (Å²) >= 11 is 1.82. The average Bonchev–Trinajstić information content (AvgIpc) is 2.96. The van der Waals surface area contributed by atoms with Crippen LogP contribution < -0.4 is 0 Å². The van der Waals surface area contributed by atoms with Crippen molar-refractivity contribution >= 4 is 23.5 Å². The molecule has 0 saturated heterocycles. The van der Waals surface area contributed by atoms with Gasteiger partial charge in [0.15, 0.2) is 0 Å². The third-order valence-electron chi connectivity index (χ3n) is 2.92. The molecule has 0 amide bonds. The van der Waals surface area contributed by atoms with Gasteiger partial charge in [-0.2, -0.15) is 0 Å². The van der Waals surface area contributed by atoms with E-state index in [1.807, 2.05) is 23.5 Å². The van der Waals surface area contributed by atoms with E-state index in [1.165, 1.54) is 20.9 Å². The molecule has 0 saturated carbocycles. The van der Waals surface area contributed by atoms with E-state index in [0.717, 1.165) is 0 Å². The van der Waals surface area contributed by atoms with Crippen molar-refractivity contribution in [2.24, 2.45) is 0 Å². The topological polar surface area (TPSA) is 0 Å². The molecule has 19 heavy (non-hydrogen) atoms. The largest absolute Gasteiger partial charge is 0.136 e. The molecule has 1 heterocycles. The molecule has 3 aromatic rings. The van der Waals surface area contributed by atoms with Crippen molar-refractivity contribution in [1.29, 1.82) is 0 Å². The van der Waals surface area contributed by atoms with Gasteiger partial charge in [0.25, 0.3) is 0 Å². The summed E-state index contributed by atoms with van der Waals surface area (Å²) in [5.41, 5.74) is 2.52. The van der Waals surface area contributed by atoms with Gasteiger partial charge >= 0.3 is 0 Å². The van der Waals surface area contributed by atoms with E-state index in [0.29, 0.717) is 0 Å². The van der Waals surface area contributed by atoms with Gasteiger partial charge in [0.1, 0.15) is 0 Å². The summed E-state index contributed by atoms with van der Waals surface area (Å²) in [6.45, 7) is 0. The molecule has 0 nitrogen and oxygen atoms in total. The highest BCUT2D eigenvalue weighted by Crippen LogP contribution is 2.28. The van der Waals surface area contributed by atoms with Crippen LogP contribution in [0.1, 0.15) is 10.4 Å². The van der Waals surface area contributed by atoms with E-state index < -0.39 is 0 Å². The average molecular weight is 262 g/mol. The first-order chi connectivity index (χ1) is 9.42. The quantitative estimate of drug-likeness (QED) is 0.577. The van der Waals surface area contributed by atoms with Crippen molar-refractivity contribution in [3.63, 3.8) is 0 Å². The highest BCUT2D eigenvalue weighted by molar-refractivity contribution is 7.16. The Hall–Kier alpha value is -2.12. The van der Waals surface area contributed by atoms with Crippen molar-refractivity contribution in [1.82, 2.24) is 0 Å². The highest BCUT2D eigenvalue weighted by Gasteiger charge is 1.99. The lowest BCUT2D eigenvalue weighted by Crippen LogP contribution is -1.68. The Labute approximate surface area is 117 Å². The van der Waals surface area contributed by atoms with Gasteiger partial charge in [0.05, 0.1) is 0 Å². The van der Waals surface area contributed by atoms with Crippen LogP contribution in [0.5, 0.6) is 0 Å². The second-order valence-electron chi connectivity index (χ2n) is 4.31. The van der Waals surface area contributed by atoms with Crippen LogP contribution in [-0.2, 0) is 0 Å². The van der Waals surface area contributed by atoms with Gasteiger partial charge in [-0.3, -0.25) is 0 Å². The Morgan fingerprint density at radius 3 is 2.05 bits per heavy atom. The summed E-state index contributed by atoms with van der Waals surface area (Å²) in [6.07, 6.45) is 4.33. The van der Waals surface area contributed by atoms with Crippen LogP contribution >= 0.6 is 11.3 Å². The Morgan fingerprint density at radius 1 is 0.632 bits per heavy atom. The predicted molar refractivity (Wildman–Crippen MR) is 85.1 cm³/mol. The lowest BCUT2D eigenvalue weighted by Gasteiger charge is -1.94. The summed E-state index contributed by atoms with van der Waals surface area (Å²) in [5, 5.41) is 0. The fraction of sp³-hybridized carbons (Fsp3) is 0. The van der Waals surface area contributed by atoms with Crippen LogP contribution in [0, 0.1) is 0 Å². The van der Waals surface area contributed by atoms with Crippen molar-refractivity contribution < 1.29 is 0 Å². The third-order valence-corrected chi connectivity index (χ3v) is 4.02. The number of thiophene rings is 1. The lowest BCUT2D eigenvalue weighted by molar-refractivity contribution is 1.67. The standard InChI is InChI=1S/C18H14S/c1-3-7-15(8-4-1)11-12-17-13-14-18(19-17)16-9-5-2-6-10-16/h1-14H/b12-11+. The zero-order valence-corrected chi connectivity index (χ0v) is 11.3. The third kappa shape index (κ3) is 3.01. The maximum atomic E-state index is 2.19. The lowest BCUT2D eigenvalue weighted by atomic mass is 10.2. The minimum Gasteiger partial charge on any atom is -0.136 e. The first-order valence-electron chi connectivity index (χ1n) is 6.30. The molecule has 0 aliphatic carbocycles. The van der Waals surface area contributed by atoms with Gasteiger partial charge in [-0.05, 0) is 29.3 Å². The molecule has 1 heteroatoms. The summed E-state index contributed by atoms with van der Waals surface area (Å²) in [6, 6.07) is 25.2. The van der Waals surface area contributed by atoms with Gasteiger partial charge < -0.3 is 0 Å². The van der Waals surface area contributed by atoms with Gasteiger partial charge in [-0.25, -0.2) is 0 Å². The van der Waals surface area contributed by atoms with E-state index in [9.17, 15) is 0 Å². The van der Waals surface area contributed by atoms with Crippen molar-refractivity contribution in [3.05, 3.63) is 83.2 Å². The molecule has 0 spiro atoms. The summed E-state index contributed by atoms with van der Waals surface area (Å²) in [4.78, 5) is 2.59. The van der Waals surface area contributed by atoms with Crippen molar-refractivity contribution in [3.8, 4) is 10.4 Å². The number of benzene rings is 2. The van der Waals surface area contributed by atoms with E-state index in [-0.39, 0.29) is 0 Å². The van der Waals surface area contributed by atoms with Crippen LogP contribution in [0.25, 0.3) is 22.6 Å². The Morgan fingerprint density at radius 2 is 1.32 bits per heavy atom. The van der Waals surface area contributed by atoms with E-state index in [1.54, 1.807) is 0 Å². The van der Waals surface area contributed by atoms with Gasteiger partial charge in [-0.15, -0.1) is 11.3 Å². The Kier molecular flexibility index (Phi) is 3.57. The summed E-state index contributed by atoms with van der Waals surface area (Å²) < 4.78 is 0. The molecule has 0 unspecified atom stereocenters. The molecule has 0 atom stereocenters. The van der Waals surface area contributed by atoms with Gasteiger partial charge in [0, 0.05) is 9.75 Å². The van der Waals surface area contributed by atoms with Gasteiger partial charge in [-0.1, -0.05) is 66.7 Å². The molecule has 0 fully saturated rings. The molecular formula is C18H14S. The first-order valence-corrected chi connectivity index (χ1v) is 7.12. The maximum absolute atomic E-state index is 2.19. The molecule has 2 aromatic carbocycles. The van der Waals surface area contributed by atoms with Crippen LogP contribution in [0.2, 0.25) is 0 Å². The smallest absolute Gasteiger partial charge is 0.0349 e. The number of hydrogen-bond acceptors (Lipinski definition) is 1. The zero-order chi connectivity index (χ0) is 12.9. The molecule has 92 valence electrons. The maximum Gasteiger partial charge on any atom is 0.0349 e. The van der Waals surface area contributed by atoms with Crippen LogP contribution in [-0.4, -0.2) is 0 Å². The molecule has 3 rings (SSSR count). The highest BCUT2D eigenvalue weighted by atomic mass is 32.1. The Balaban J connectivity index is 1.81. The van der Waals surface area contributed by atoms with E-state index in [4.69, 9.17) is 0 Å². The second-order valence-corrected chi connectivity index (χ2v) is 5.43. The van der Waals surface area contributed by atoms with E-state index >= 15 is 0 Å². The number of rotatable bonds is 3. The summed E-state index contributed by atoms with van der Waals surface area (Å²) in [7, 11) is 0. The molecule has 0 bridgehead atoms. The van der Waals surface area contributed by atoms with Crippen LogP contribution in [0.3, 0.4) is 0 Å². The molecular weight excluding hydrogens is 248 g/mol. The fourth-order valence-corrected chi connectivity index (χ4v) is 2.86. The van der Waals surface area contributed by atoms with Gasteiger partial charge in [0.2, 0.25) is 0 Å². The molecule has 0 N–H and O–H groups in total. The molecule has 0 aliphatic heterocycles. The van der Waals surface area contributed by atoms with Crippen molar-refractivity contribution in [2.45, 2.75) is 0 Å². The fourth-order valence-electron chi connectivity index (χ4n) is 1.94. The second kappa shape index (κ2) is 5.68. The first kappa shape index (κ1) is 11.9. The monoisotopic (exact) mass is 262 g/mol. The number of hydrogen-bond donors (Lipinski definition) is 0. The molecule has 0 aliphatic rings. The van der Waals surface area contributed by atoms with Crippen LogP contribution in [0.15, 0.2) is 72.8 Å². The SMILES string of the molecule is C(=C\c1ccc(-c2ccccc2)s1)/c1ccccc1. The van der Waals surface area contributed by atoms with E-state index in [2.05, 4.69) is 72.8 Å². The molecule has 1 aromatic heterocycles. The molecule has 0 radical (unpaired) electrons. The zero-order valence-electron chi connectivity index (χ0n) is 10.5.